The van der Waals surface area contributed by atoms with E-state index in [2.05, 4.69) is 5.32 Å². The largest absolute Gasteiger partial charge is 0.480 e. The number of amides is 1. The maximum Gasteiger partial charge on any atom is 0.326 e. The monoisotopic (exact) mass is 244 g/mol. The smallest absolute Gasteiger partial charge is 0.326 e. The van der Waals surface area contributed by atoms with Crippen LogP contribution in [0.25, 0.3) is 0 Å². The second kappa shape index (κ2) is 7.27. The van der Waals surface area contributed by atoms with E-state index in [9.17, 15) is 9.59 Å². The van der Waals surface area contributed by atoms with Gasteiger partial charge in [-0.15, -0.1) is 0 Å². The summed E-state index contributed by atoms with van der Waals surface area (Å²) in [4.78, 5) is 24.8. The summed E-state index contributed by atoms with van der Waals surface area (Å²) in [5, 5.41) is 11.6. The molecule has 0 aliphatic heterocycles. The summed E-state index contributed by atoms with van der Waals surface area (Å²) in [6, 6.07) is -1.08. The molecule has 0 spiro atoms. The third kappa shape index (κ3) is 5.17. The molecule has 0 aromatic carbocycles. The van der Waals surface area contributed by atoms with Crippen LogP contribution in [0.4, 0.5) is 0 Å². The fraction of sp³-hybridized carbons (Fsp3) is 0.833. The van der Waals surface area contributed by atoms with Crippen molar-refractivity contribution in [3.05, 3.63) is 0 Å². The maximum absolute atomic E-state index is 12.0. The number of carboxylic acid groups (broad SMARTS) is 1. The number of carbonyl (C=O) groups is 2. The van der Waals surface area contributed by atoms with Gasteiger partial charge < -0.3 is 10.4 Å². The summed E-state index contributed by atoms with van der Waals surface area (Å²) in [6.45, 7) is 5.79. The molecule has 17 heavy (non-hydrogen) atoms. The van der Waals surface area contributed by atoms with Crippen LogP contribution in [0.3, 0.4) is 0 Å². The van der Waals surface area contributed by atoms with Crippen molar-refractivity contribution < 1.29 is 14.7 Å². The van der Waals surface area contributed by atoms with Crippen LogP contribution in [0.1, 0.15) is 33.6 Å². The topological polar surface area (TPSA) is 69.6 Å². The minimum atomic E-state index is -0.971. The van der Waals surface area contributed by atoms with Gasteiger partial charge in [0.25, 0.3) is 0 Å². The first-order valence-electron chi connectivity index (χ1n) is 6.00. The highest BCUT2D eigenvalue weighted by atomic mass is 16.4. The Morgan fingerprint density at radius 2 is 1.82 bits per heavy atom. The lowest BCUT2D eigenvalue weighted by Crippen LogP contribution is -2.51. The van der Waals surface area contributed by atoms with Crippen LogP contribution in [0.2, 0.25) is 0 Å². The Labute approximate surface area is 103 Å². The number of nitrogens with one attached hydrogen (secondary N) is 1. The zero-order valence-corrected chi connectivity index (χ0v) is 11.4. The summed E-state index contributed by atoms with van der Waals surface area (Å²) in [6.07, 6.45) is 1.19. The van der Waals surface area contributed by atoms with Crippen molar-refractivity contribution in [1.29, 1.82) is 0 Å². The Morgan fingerprint density at radius 1 is 1.29 bits per heavy atom. The Hall–Kier alpha value is -1.10. The van der Waals surface area contributed by atoms with E-state index in [0.717, 1.165) is 6.42 Å². The van der Waals surface area contributed by atoms with E-state index < -0.39 is 12.0 Å². The SMILES string of the molecule is CCCC(NC(=O)[C@H](C(C)C)N(C)C)C(=O)O. The number of nitrogens with zero attached hydrogens (tertiary/aromatic N) is 1. The number of rotatable bonds is 7. The predicted octanol–water partition coefficient (Wildman–Crippen LogP) is 0.942. The summed E-state index contributed by atoms with van der Waals surface area (Å²) in [5.41, 5.74) is 0. The standard InChI is InChI=1S/C12H24N2O3/c1-6-7-9(12(16)17)13-11(15)10(8(2)3)14(4)5/h8-10H,6-7H2,1-5H3,(H,13,15)(H,16,17)/t9?,10-/m0/s1. The van der Waals surface area contributed by atoms with Gasteiger partial charge in [-0.1, -0.05) is 27.2 Å². The average Bonchev–Trinajstić information content (AvgIpc) is 2.15. The lowest BCUT2D eigenvalue weighted by molar-refractivity contribution is -0.143. The molecule has 0 saturated heterocycles. The van der Waals surface area contributed by atoms with Crippen LogP contribution < -0.4 is 5.32 Å². The summed E-state index contributed by atoms with van der Waals surface area (Å²) < 4.78 is 0. The number of carbonyl (C=O) groups excluding carboxylic acids is 1. The molecular weight excluding hydrogens is 220 g/mol. The molecule has 5 heteroatoms. The normalized spacial score (nSPS) is 14.8. The molecule has 0 bridgehead atoms. The van der Waals surface area contributed by atoms with E-state index in [4.69, 9.17) is 5.11 Å². The van der Waals surface area contributed by atoms with Crippen molar-refractivity contribution in [2.75, 3.05) is 14.1 Å². The molecule has 0 fully saturated rings. The van der Waals surface area contributed by atoms with Crippen molar-refractivity contribution in [3.8, 4) is 0 Å². The molecule has 100 valence electrons. The van der Waals surface area contributed by atoms with E-state index in [0.29, 0.717) is 6.42 Å². The Balaban J connectivity index is 4.62. The van der Waals surface area contributed by atoms with E-state index in [1.807, 2.05) is 39.8 Å². The molecule has 1 unspecified atom stereocenters. The summed E-state index contributed by atoms with van der Waals surface area (Å²) in [5.74, 6) is -1.05. The highest BCUT2D eigenvalue weighted by Crippen LogP contribution is 2.08. The second-order valence-electron chi connectivity index (χ2n) is 4.84. The number of carboxylic acids is 1. The molecular formula is C12H24N2O3. The molecule has 0 aliphatic carbocycles. The first-order chi connectivity index (χ1) is 7.81. The van der Waals surface area contributed by atoms with Gasteiger partial charge in [-0.05, 0) is 26.4 Å². The Kier molecular flexibility index (Phi) is 6.80. The molecule has 0 rings (SSSR count). The van der Waals surface area contributed by atoms with Gasteiger partial charge in [-0.2, -0.15) is 0 Å². The second-order valence-corrected chi connectivity index (χ2v) is 4.84. The third-order valence-corrected chi connectivity index (χ3v) is 2.65. The fourth-order valence-electron chi connectivity index (χ4n) is 1.94. The molecule has 0 saturated carbocycles. The number of hydrogen-bond donors (Lipinski definition) is 2. The van der Waals surface area contributed by atoms with Crippen molar-refractivity contribution in [2.45, 2.75) is 45.7 Å². The molecule has 0 aromatic rings. The zero-order valence-electron chi connectivity index (χ0n) is 11.4. The minimum Gasteiger partial charge on any atom is -0.480 e. The molecule has 0 aromatic heterocycles. The number of aliphatic carboxylic acids is 1. The average molecular weight is 244 g/mol. The maximum atomic E-state index is 12.0. The van der Waals surface area contributed by atoms with Crippen LogP contribution in [0, 0.1) is 5.92 Å². The highest BCUT2D eigenvalue weighted by Gasteiger charge is 2.28. The molecule has 0 aliphatic rings. The first-order valence-corrected chi connectivity index (χ1v) is 6.00. The van der Waals surface area contributed by atoms with E-state index >= 15 is 0 Å². The van der Waals surface area contributed by atoms with E-state index in [-0.39, 0.29) is 17.9 Å². The van der Waals surface area contributed by atoms with Gasteiger partial charge in [0.15, 0.2) is 0 Å². The lowest BCUT2D eigenvalue weighted by atomic mass is 10.0. The van der Waals surface area contributed by atoms with E-state index in [1.165, 1.54) is 0 Å². The van der Waals surface area contributed by atoms with Gasteiger partial charge >= 0.3 is 5.97 Å². The van der Waals surface area contributed by atoms with Gasteiger partial charge in [-0.3, -0.25) is 9.69 Å². The Bertz CT molecular complexity index is 256. The van der Waals surface area contributed by atoms with Gasteiger partial charge in [0.1, 0.15) is 6.04 Å². The van der Waals surface area contributed by atoms with Crippen LogP contribution in [-0.2, 0) is 9.59 Å². The molecule has 2 atom stereocenters. The molecule has 2 N–H and O–H groups in total. The Morgan fingerprint density at radius 3 is 2.12 bits per heavy atom. The first kappa shape index (κ1) is 15.9. The van der Waals surface area contributed by atoms with Crippen molar-refractivity contribution in [2.24, 2.45) is 5.92 Å². The lowest BCUT2D eigenvalue weighted by Gasteiger charge is -2.28. The zero-order chi connectivity index (χ0) is 13.6. The van der Waals surface area contributed by atoms with E-state index in [1.54, 1.807) is 0 Å². The van der Waals surface area contributed by atoms with Crippen LogP contribution in [-0.4, -0.2) is 48.1 Å². The van der Waals surface area contributed by atoms with Crippen molar-refractivity contribution in [1.82, 2.24) is 10.2 Å². The summed E-state index contributed by atoms with van der Waals surface area (Å²) >= 11 is 0. The van der Waals surface area contributed by atoms with Gasteiger partial charge in [0.05, 0.1) is 6.04 Å². The van der Waals surface area contributed by atoms with Gasteiger partial charge in [0.2, 0.25) is 5.91 Å². The quantitative estimate of drug-likeness (QED) is 0.699. The molecule has 0 heterocycles. The fourth-order valence-corrected chi connectivity index (χ4v) is 1.94. The van der Waals surface area contributed by atoms with Gasteiger partial charge in [-0.25, -0.2) is 4.79 Å². The van der Waals surface area contributed by atoms with Crippen LogP contribution in [0.15, 0.2) is 0 Å². The highest BCUT2D eigenvalue weighted by molar-refractivity contribution is 5.87. The molecule has 5 nitrogen and oxygen atoms in total. The van der Waals surface area contributed by atoms with Gasteiger partial charge in [0, 0.05) is 0 Å². The number of hydrogen-bond acceptors (Lipinski definition) is 3. The molecule has 0 radical (unpaired) electrons. The van der Waals surface area contributed by atoms with Crippen molar-refractivity contribution in [3.63, 3.8) is 0 Å². The van der Waals surface area contributed by atoms with Crippen molar-refractivity contribution >= 4 is 11.9 Å². The summed E-state index contributed by atoms with van der Waals surface area (Å²) in [7, 11) is 3.64. The minimum absolute atomic E-state index is 0.140. The molecule has 1 amide bonds. The van der Waals surface area contributed by atoms with Crippen LogP contribution in [0.5, 0.6) is 0 Å². The third-order valence-electron chi connectivity index (χ3n) is 2.65. The van der Waals surface area contributed by atoms with Crippen LogP contribution >= 0.6 is 0 Å². The predicted molar refractivity (Wildman–Crippen MR) is 66.8 cm³/mol. The number of likely N-dealkylation sites (N-methyl/N-ethyl adjacent to an activating group) is 1.